The Kier molecular flexibility index (Phi) is 5.00. The summed E-state index contributed by atoms with van der Waals surface area (Å²) in [4.78, 5) is 8.63. The van der Waals surface area contributed by atoms with E-state index in [4.69, 9.17) is 9.63 Å². The minimum absolute atomic E-state index is 0.108. The van der Waals surface area contributed by atoms with Crippen LogP contribution in [-0.4, -0.2) is 48.8 Å². The highest BCUT2D eigenvalue weighted by Crippen LogP contribution is 2.44. The summed E-state index contributed by atoms with van der Waals surface area (Å²) in [5.41, 5.74) is 0. The van der Waals surface area contributed by atoms with Gasteiger partial charge in [0.05, 0.1) is 21.2 Å². The smallest absolute Gasteiger partial charge is 0.433 e. The normalized spacial score (nSPS) is 14.4. The summed E-state index contributed by atoms with van der Waals surface area (Å²) >= 11 is 0. The van der Waals surface area contributed by atoms with Crippen molar-refractivity contribution in [1.82, 2.24) is 5.06 Å². The van der Waals surface area contributed by atoms with Gasteiger partial charge >= 0.3 is 13.8 Å². The molecule has 9 heteroatoms. The molecule has 1 atom stereocenters. The number of methoxy groups -OCH3 is 1. The Morgan fingerprint density at radius 1 is 1.57 bits per heavy atom. The van der Waals surface area contributed by atoms with Crippen molar-refractivity contribution >= 4 is 13.8 Å². The number of nitrogens with zero attached hydrogens (tertiary/aromatic N) is 2. The van der Waals surface area contributed by atoms with Gasteiger partial charge in [0.25, 0.3) is 0 Å². The zero-order valence-electron chi connectivity index (χ0n) is 8.30. The van der Waals surface area contributed by atoms with Gasteiger partial charge in [0.2, 0.25) is 0 Å². The van der Waals surface area contributed by atoms with Gasteiger partial charge in [0, 0.05) is 0 Å². The van der Waals surface area contributed by atoms with Gasteiger partial charge in [0.15, 0.2) is 0 Å². The van der Waals surface area contributed by atoms with Crippen molar-refractivity contribution in [2.75, 3.05) is 28.3 Å². The van der Waals surface area contributed by atoms with E-state index < -0.39 is 7.82 Å². The van der Waals surface area contributed by atoms with Crippen molar-refractivity contribution in [2.24, 2.45) is 0 Å². The van der Waals surface area contributed by atoms with E-state index in [9.17, 15) is 9.09 Å². The highest BCUT2D eigenvalue weighted by molar-refractivity contribution is 7.47. The molecule has 1 unspecified atom stereocenters. The molecule has 0 radical (unpaired) electrons. The molecule has 0 heterocycles. The van der Waals surface area contributed by atoms with E-state index >= 15 is 0 Å². The van der Waals surface area contributed by atoms with Crippen molar-refractivity contribution in [3.63, 3.8) is 0 Å². The Morgan fingerprint density at radius 2 is 2.07 bits per heavy atom. The third-order valence-electron chi connectivity index (χ3n) is 1.15. The minimum atomic E-state index is -4.70. The Balaban J connectivity index is 4.57. The van der Waals surface area contributed by atoms with Gasteiger partial charge in [-0.3, -0.25) is 4.89 Å². The average molecular weight is 231 g/mol. The van der Waals surface area contributed by atoms with Crippen molar-refractivity contribution < 1.29 is 32.6 Å². The van der Waals surface area contributed by atoms with Crippen molar-refractivity contribution in [1.29, 1.82) is 0 Å². The number of phosphoric acid groups is 1. The molecular weight excluding hydrogens is 218 g/mol. The number of amidine groups is 1. The maximum absolute atomic E-state index is 11.5. The van der Waals surface area contributed by atoms with E-state index in [-0.39, 0.29) is 6.02 Å². The number of ether oxygens (including phenoxy) is 1. The maximum atomic E-state index is 11.5. The second kappa shape index (κ2) is 5.26. The molecule has 0 fully saturated rings. The van der Waals surface area contributed by atoms with Crippen LogP contribution in [0.15, 0.2) is 0 Å². The minimum Gasteiger partial charge on any atom is -0.433 e. The van der Waals surface area contributed by atoms with E-state index in [1.165, 1.54) is 18.7 Å². The zero-order chi connectivity index (χ0) is 11.4. The van der Waals surface area contributed by atoms with Crippen molar-refractivity contribution in [3.05, 3.63) is 0 Å². The fourth-order valence-electron chi connectivity index (χ4n) is 0.795. The van der Waals surface area contributed by atoms with E-state index in [2.05, 4.69) is 9.35 Å². The summed E-state index contributed by atoms with van der Waals surface area (Å²) in [6.45, 7) is 0. The van der Waals surface area contributed by atoms with Gasteiger partial charge in [-0.15, -0.1) is 0 Å². The van der Waals surface area contributed by atoms with Crippen molar-refractivity contribution in [3.8, 4) is 0 Å². The highest BCUT2D eigenvalue weighted by Gasteiger charge is 2.33. The molecule has 0 aromatic carbocycles. The van der Waals surface area contributed by atoms with E-state index in [1.807, 2.05) is 0 Å². The molecule has 0 aromatic heterocycles. The van der Waals surface area contributed by atoms with Gasteiger partial charge in [-0.25, -0.2) is 9.14 Å². The van der Waals surface area contributed by atoms with E-state index in [1.54, 1.807) is 14.1 Å². The average Bonchev–Trinajstić information content (AvgIpc) is 2.03. The fourth-order valence-corrected chi connectivity index (χ4v) is 1.20. The van der Waals surface area contributed by atoms with Crippen LogP contribution in [0.3, 0.4) is 0 Å². The Bertz CT molecular complexity index is 267. The van der Waals surface area contributed by atoms with Crippen LogP contribution >= 0.6 is 7.82 Å². The van der Waals surface area contributed by atoms with Crippen LogP contribution in [0.4, 0.5) is 4.53 Å². The molecule has 0 amide bonds. The molecule has 7 nitrogen and oxygen atoms in total. The second-order valence-corrected chi connectivity index (χ2v) is 3.74. The summed E-state index contributed by atoms with van der Waals surface area (Å²) in [7, 11) is 1.10. The third kappa shape index (κ3) is 4.01. The molecule has 0 aliphatic carbocycles. The first kappa shape index (κ1) is 13.3. The lowest BCUT2D eigenvalue weighted by molar-refractivity contribution is -0.484. The Hall–Kier alpha value is -0.690. The zero-order valence-corrected chi connectivity index (χ0v) is 9.19. The summed E-state index contributed by atoms with van der Waals surface area (Å²) in [5, 5.41) is 0.778. The van der Waals surface area contributed by atoms with Crippen LogP contribution in [-0.2, 0) is 18.7 Å². The first-order valence-electron chi connectivity index (χ1n) is 3.49. The lowest BCUT2D eigenvalue weighted by Gasteiger charge is -2.12. The number of hydrogen-bond acceptors (Lipinski definition) is 4. The monoisotopic (exact) mass is 231 g/mol. The molecule has 0 bridgehead atoms. The first-order valence-corrected chi connectivity index (χ1v) is 4.98. The number of hydroxylamine groups is 2. The van der Waals surface area contributed by atoms with Gasteiger partial charge < -0.3 is 4.74 Å². The van der Waals surface area contributed by atoms with Gasteiger partial charge in [0.1, 0.15) is 7.05 Å². The molecule has 0 aromatic rings. The Labute approximate surface area is 80.8 Å². The van der Waals surface area contributed by atoms with Crippen LogP contribution in [0.1, 0.15) is 0 Å². The number of halogens is 1. The highest BCUT2D eigenvalue weighted by atomic mass is 31.2. The third-order valence-corrected chi connectivity index (χ3v) is 1.77. The first-order chi connectivity index (χ1) is 6.34. The van der Waals surface area contributed by atoms with Crippen LogP contribution in [0, 0.1) is 0 Å². The molecule has 1 N–H and O–H groups in total. The van der Waals surface area contributed by atoms with Crippen LogP contribution in [0.5, 0.6) is 0 Å². The molecule has 0 saturated heterocycles. The number of hydrogen-bond donors (Lipinski definition) is 1. The molecule has 84 valence electrons. The predicted octanol–water partition coefficient (Wildman–Crippen LogP) is 0.126. The summed E-state index contributed by atoms with van der Waals surface area (Å²) in [5.74, 6) is 0. The summed E-state index contributed by atoms with van der Waals surface area (Å²) < 4.78 is 35.4. The van der Waals surface area contributed by atoms with E-state index in [0.717, 1.165) is 5.06 Å². The van der Waals surface area contributed by atoms with Gasteiger partial charge in [-0.05, 0) is 4.53 Å². The molecule has 14 heavy (non-hydrogen) atoms. The maximum Gasteiger partial charge on any atom is 0.541 e. The molecule has 0 aliphatic heterocycles. The largest absolute Gasteiger partial charge is 0.541 e. The van der Waals surface area contributed by atoms with Crippen LogP contribution in [0.25, 0.3) is 0 Å². The molecule has 0 aliphatic rings. The number of rotatable bonds is 3. The van der Waals surface area contributed by atoms with Crippen molar-refractivity contribution in [2.45, 2.75) is 0 Å². The van der Waals surface area contributed by atoms with Gasteiger partial charge in [-0.2, -0.15) is 0 Å². The molecule has 0 saturated carbocycles. The predicted molar refractivity (Wildman–Crippen MR) is 45.0 cm³/mol. The molecule has 0 spiro atoms. The fraction of sp³-hybridized carbons (Fsp3) is 0.800. The van der Waals surface area contributed by atoms with Crippen LogP contribution < -0.4 is 0 Å². The summed E-state index contributed by atoms with van der Waals surface area (Å²) in [6.07, 6.45) is 0. The van der Waals surface area contributed by atoms with E-state index in [0.29, 0.717) is 0 Å². The lowest BCUT2D eigenvalue weighted by Crippen LogP contribution is -2.33. The lowest BCUT2D eigenvalue weighted by atomic mass is 10.9. The molecular formula is C5H13FN2O5P+. The molecule has 0 rings (SSSR count). The van der Waals surface area contributed by atoms with Crippen LogP contribution in [0.2, 0.25) is 0 Å². The SMILES string of the molecule is COC(N(C)OP(=O)(O)OF)=[N+](C)C. The summed E-state index contributed by atoms with van der Waals surface area (Å²) in [6, 6.07) is 0.108. The topological polar surface area (TPSA) is 71.2 Å². The second-order valence-electron chi connectivity index (χ2n) is 2.50. The van der Waals surface area contributed by atoms with Gasteiger partial charge in [-0.1, -0.05) is 14.4 Å². The quantitative estimate of drug-likeness (QED) is 0.245. The standard InChI is InChI=1S/C5H12FN2O5P/c1-7(2)5(11-4)8(3)13-14(9,10)12-6/h1-4H3/p+1. The Morgan fingerprint density at radius 3 is 2.36 bits per heavy atom.